The molecule has 5 heterocycles. The number of para-hydroxylation sites is 4. The largest absolute Gasteiger partial charge is 0.496 e. The summed E-state index contributed by atoms with van der Waals surface area (Å²) in [5.74, 6) is 0.277. The van der Waals surface area contributed by atoms with Gasteiger partial charge >= 0.3 is 0 Å². The van der Waals surface area contributed by atoms with Crippen LogP contribution in [-0.4, -0.2) is 53.8 Å². The van der Waals surface area contributed by atoms with E-state index in [2.05, 4.69) is 90.8 Å². The molecule has 2 amide bonds. The Morgan fingerprint density at radius 2 is 0.670 bits per heavy atom. The monoisotopic (exact) mass is 1170 g/mol. The van der Waals surface area contributed by atoms with E-state index in [1.54, 1.807) is 0 Å². The molecule has 7 aromatic rings. The lowest BCUT2D eigenvalue weighted by molar-refractivity contribution is -0.127. The second kappa shape index (κ2) is 24.1. The number of fused-ring (bicyclic) bond motifs is 8. The number of benzene rings is 4. The van der Waals surface area contributed by atoms with Crippen molar-refractivity contribution in [3.8, 4) is 44.5 Å². The molecule has 88 heavy (non-hydrogen) atoms. The number of aliphatic hydroxyl groups excluding tert-OH is 2. The van der Waals surface area contributed by atoms with Gasteiger partial charge in [0.25, 0.3) is 0 Å². The Balaban J connectivity index is 1.12. The van der Waals surface area contributed by atoms with E-state index in [9.17, 15) is 19.8 Å². The van der Waals surface area contributed by atoms with Crippen LogP contribution in [0.5, 0.6) is 0 Å². The highest BCUT2D eigenvalue weighted by molar-refractivity contribution is 6.07. The zero-order valence-electron chi connectivity index (χ0n) is 51.5. The van der Waals surface area contributed by atoms with Gasteiger partial charge in [-0.15, -0.1) is 0 Å². The molecule has 450 valence electrons. The molecule has 0 atom stereocenters. The molecule has 4 aliphatic carbocycles. The number of aliphatic hydroxyl groups is 2. The lowest BCUT2D eigenvalue weighted by Crippen LogP contribution is -2.35. The van der Waals surface area contributed by atoms with E-state index in [1.807, 2.05) is 103 Å². The first-order valence-electron chi connectivity index (χ1n) is 32.4. The number of hydrogen-bond donors (Lipinski definition) is 6. The van der Waals surface area contributed by atoms with E-state index >= 15 is 0 Å². The van der Waals surface area contributed by atoms with Crippen molar-refractivity contribution < 1.29 is 19.8 Å². The van der Waals surface area contributed by atoms with Crippen molar-refractivity contribution in [1.29, 1.82) is 0 Å². The average molecular weight is 1170 g/mol. The van der Waals surface area contributed by atoms with E-state index in [4.69, 9.17) is 20.0 Å². The standard InChI is InChI=1S/C76H82N8O4/c1-73(41-17-5-18-42-73)69(85)81-53-29-13-9-25-49(53)65-57-33-35-59(77-57)66(50-26-10-14-30-54(50)82-70(86)74(2)43-19-6-20-44-74)61-37-39-63(79-61)68(52-28-12-16-32-56(52)84-72(88)76(4)47-23-8-24-48-76)64-40-38-62(80-64)67(60-36-34-58(65)78-60)51-27-11-15-31-55(51)83-71(87)75(3)45-21-7-22-46-75/h9-16,25-40,77-78H,5-8,17-24,41-48H2,1-4H3,(H,81,85)(H,82,86)(H,83,87)(H,84,88). The number of nitrogens with zero attached hydrogens (tertiary/aromatic N) is 4. The summed E-state index contributed by atoms with van der Waals surface area (Å²) in [6.07, 6.45) is 27.6. The van der Waals surface area contributed by atoms with Crippen molar-refractivity contribution in [3.63, 3.8) is 0 Å². The van der Waals surface area contributed by atoms with Crippen molar-refractivity contribution in [3.05, 3.63) is 144 Å². The number of carbonyl (C=O) groups is 2. The summed E-state index contributed by atoms with van der Waals surface area (Å²) in [6.45, 7) is 8.45. The second-order valence-electron chi connectivity index (χ2n) is 26.9. The van der Waals surface area contributed by atoms with Crippen LogP contribution in [0, 0.1) is 21.7 Å². The van der Waals surface area contributed by atoms with Crippen LogP contribution in [0.2, 0.25) is 0 Å². The van der Waals surface area contributed by atoms with Crippen LogP contribution in [0.15, 0.2) is 131 Å². The molecule has 0 unspecified atom stereocenters. The zero-order chi connectivity index (χ0) is 60.6. The van der Waals surface area contributed by atoms with Crippen LogP contribution in [0.25, 0.3) is 90.9 Å². The molecule has 0 radical (unpaired) electrons. The molecule has 4 fully saturated rings. The van der Waals surface area contributed by atoms with Gasteiger partial charge in [-0.25, -0.2) is 20.0 Å². The quantitative estimate of drug-likeness (QED) is 0.0523. The Morgan fingerprint density at radius 3 is 1.07 bits per heavy atom. The summed E-state index contributed by atoms with van der Waals surface area (Å²) < 4.78 is 0. The predicted molar refractivity (Wildman–Crippen MR) is 362 cm³/mol. The fourth-order valence-electron chi connectivity index (χ4n) is 14.8. The minimum absolute atomic E-state index is 0.00116. The summed E-state index contributed by atoms with van der Waals surface area (Å²) in [5, 5.41) is 31.0. The highest BCUT2D eigenvalue weighted by atomic mass is 16.3. The first-order chi connectivity index (χ1) is 42.7. The van der Waals surface area contributed by atoms with Gasteiger partial charge in [-0.3, -0.25) is 9.59 Å². The van der Waals surface area contributed by atoms with Crippen LogP contribution in [0.4, 0.5) is 22.7 Å². The van der Waals surface area contributed by atoms with Crippen molar-refractivity contribution in [2.75, 3.05) is 10.6 Å². The lowest BCUT2D eigenvalue weighted by Gasteiger charge is -2.32. The number of H-pyrrole nitrogens is 2. The third-order valence-electron chi connectivity index (χ3n) is 20.4. The van der Waals surface area contributed by atoms with Gasteiger partial charge in [0.2, 0.25) is 11.8 Å². The summed E-state index contributed by atoms with van der Waals surface area (Å²) in [5.41, 5.74) is 12.6. The number of aromatic nitrogens is 4. The third-order valence-corrected chi connectivity index (χ3v) is 20.4. The molecule has 6 aliphatic rings. The highest BCUT2D eigenvalue weighted by Gasteiger charge is 2.38. The lowest BCUT2D eigenvalue weighted by atomic mass is 9.75. The van der Waals surface area contributed by atoms with Crippen LogP contribution in [0.3, 0.4) is 0 Å². The Labute approximate surface area is 516 Å². The first kappa shape index (κ1) is 58.4. The maximum Gasteiger partial charge on any atom is 0.230 e. The van der Waals surface area contributed by atoms with Crippen molar-refractivity contribution in [2.24, 2.45) is 31.6 Å². The second-order valence-corrected chi connectivity index (χ2v) is 26.9. The zero-order valence-corrected chi connectivity index (χ0v) is 51.5. The number of anilines is 2. The van der Waals surface area contributed by atoms with Gasteiger partial charge in [-0.1, -0.05) is 178 Å². The van der Waals surface area contributed by atoms with Crippen LogP contribution < -0.4 is 10.6 Å². The van der Waals surface area contributed by atoms with E-state index in [1.165, 1.54) is 0 Å². The van der Waals surface area contributed by atoms with Gasteiger partial charge < -0.3 is 30.8 Å². The van der Waals surface area contributed by atoms with Crippen LogP contribution in [-0.2, 0) is 9.59 Å². The molecule has 6 N–H and O–H groups in total. The minimum atomic E-state index is -0.511. The van der Waals surface area contributed by atoms with Crippen LogP contribution in [0.1, 0.15) is 179 Å². The molecule has 8 bridgehead atoms. The topological polar surface area (TPSA) is 181 Å². The summed E-state index contributed by atoms with van der Waals surface area (Å²) in [4.78, 5) is 58.7. The molecule has 12 heteroatoms. The average Bonchev–Trinajstić information content (AvgIpc) is 2.06. The number of nitrogens with one attached hydrogen (secondary N) is 4. The van der Waals surface area contributed by atoms with Gasteiger partial charge in [-0.2, -0.15) is 0 Å². The fraction of sp³-hybridized carbons (Fsp3) is 0.368. The number of carbonyl (C=O) groups excluding carboxylic acids is 2. The number of aromatic amines is 2. The Bertz CT molecular complexity index is 4150. The van der Waals surface area contributed by atoms with E-state index in [0.29, 0.717) is 45.5 Å². The Hall–Kier alpha value is -8.64. The Morgan fingerprint density at radius 1 is 0.375 bits per heavy atom. The maximum absolute atomic E-state index is 14.6. The molecular weight excluding hydrogens is 1090 g/mol. The molecule has 4 aromatic carbocycles. The normalized spacial score (nSPS) is 18.8. The predicted octanol–water partition coefficient (Wildman–Crippen LogP) is 20.3. The summed E-state index contributed by atoms with van der Waals surface area (Å²) in [6, 6.07) is 40.4. The van der Waals surface area contributed by atoms with E-state index in [-0.39, 0.29) is 23.6 Å². The van der Waals surface area contributed by atoms with Crippen molar-refractivity contribution in [1.82, 2.24) is 19.9 Å². The molecular formula is C76H82N8O4. The van der Waals surface area contributed by atoms with Gasteiger partial charge in [0.1, 0.15) is 0 Å². The number of rotatable bonds is 12. The van der Waals surface area contributed by atoms with Gasteiger partial charge in [0.15, 0.2) is 11.8 Å². The fourth-order valence-corrected chi connectivity index (χ4v) is 14.8. The number of amides is 2. The van der Waals surface area contributed by atoms with Crippen molar-refractivity contribution >= 4 is 92.7 Å². The summed E-state index contributed by atoms with van der Waals surface area (Å²) in [7, 11) is 0. The van der Waals surface area contributed by atoms with Gasteiger partial charge in [-0.05, 0) is 124 Å². The number of hydrogen-bond acceptors (Lipinski definition) is 6. The molecule has 3 aromatic heterocycles. The minimum Gasteiger partial charge on any atom is -0.496 e. The molecule has 12 nitrogen and oxygen atoms in total. The van der Waals surface area contributed by atoms with E-state index < -0.39 is 21.7 Å². The first-order valence-corrected chi connectivity index (χ1v) is 32.4. The van der Waals surface area contributed by atoms with Gasteiger partial charge in [0, 0.05) is 99.6 Å². The maximum atomic E-state index is 14.6. The third kappa shape index (κ3) is 11.3. The molecule has 2 aliphatic heterocycles. The summed E-state index contributed by atoms with van der Waals surface area (Å²) >= 11 is 0. The van der Waals surface area contributed by atoms with E-state index in [0.717, 1.165) is 195 Å². The van der Waals surface area contributed by atoms with Crippen LogP contribution >= 0.6 is 0 Å². The van der Waals surface area contributed by atoms with Crippen molar-refractivity contribution in [2.45, 2.75) is 156 Å². The molecule has 0 saturated heterocycles. The Kier molecular flexibility index (Phi) is 16.0. The molecule has 13 rings (SSSR count). The van der Waals surface area contributed by atoms with Gasteiger partial charge in [0.05, 0.1) is 34.2 Å². The molecule has 0 spiro atoms. The molecule has 4 saturated carbocycles. The highest BCUT2D eigenvalue weighted by Crippen LogP contribution is 2.47. The smallest absolute Gasteiger partial charge is 0.230 e. The number of aliphatic imine (C=N–C) groups is 2. The SMILES string of the molecule is CC1(C(=O)Nc2ccccc2-c2c3nc(c(-c4ccccc4N=C(O)C4(C)CCCCC4)c4ccc([nH]4)c(-c4ccccc4N=C(O)C4(C)CCCCC4)c4ccc([nH]4)c(-c4ccccc4NC(=O)C4(C)CCCCC4)c4nc2C=C4)C=C3)CCCCC1.